The molecule has 1 saturated heterocycles. The number of hydrogen-bond donors (Lipinski definition) is 2. The minimum Gasteiger partial charge on any atom is -0.406 e. The third-order valence-electron chi connectivity index (χ3n) is 3.00. The monoisotopic (exact) mass is 288 g/mol. The molecule has 2 atom stereocenters. The van der Waals surface area contributed by atoms with Gasteiger partial charge in [0.1, 0.15) is 5.75 Å². The second-order valence-corrected chi connectivity index (χ2v) is 4.87. The maximum Gasteiger partial charge on any atom is 0.573 e. The van der Waals surface area contributed by atoms with Crippen LogP contribution >= 0.6 is 0 Å². The molecular formula is C13H15F3N2O2. The largest absolute Gasteiger partial charge is 0.573 e. The van der Waals surface area contributed by atoms with Gasteiger partial charge in [0.05, 0.1) is 6.04 Å². The lowest BCUT2D eigenvalue weighted by Gasteiger charge is -2.13. The first-order valence-corrected chi connectivity index (χ1v) is 6.23. The lowest BCUT2D eigenvalue weighted by atomic mass is 10.1. The van der Waals surface area contributed by atoms with E-state index in [9.17, 15) is 18.0 Å². The van der Waals surface area contributed by atoms with Crippen molar-refractivity contribution in [2.75, 3.05) is 11.9 Å². The predicted octanol–water partition coefficient (Wildman–Crippen LogP) is 2.52. The first-order valence-electron chi connectivity index (χ1n) is 6.23. The molecule has 2 N–H and O–H groups in total. The second-order valence-electron chi connectivity index (χ2n) is 4.87. The van der Waals surface area contributed by atoms with Crippen molar-refractivity contribution in [3.8, 4) is 5.75 Å². The molecule has 1 heterocycles. The van der Waals surface area contributed by atoms with Crippen molar-refractivity contribution in [2.45, 2.75) is 25.7 Å². The molecule has 1 aliphatic rings. The molecule has 1 fully saturated rings. The Morgan fingerprint density at radius 3 is 2.80 bits per heavy atom. The maximum absolute atomic E-state index is 12.1. The quantitative estimate of drug-likeness (QED) is 0.898. The molecule has 0 bridgehead atoms. The molecule has 0 spiro atoms. The Kier molecular flexibility index (Phi) is 4.17. The van der Waals surface area contributed by atoms with Crippen LogP contribution in [0.3, 0.4) is 0 Å². The van der Waals surface area contributed by atoms with E-state index in [1.165, 1.54) is 18.2 Å². The number of halogens is 3. The first kappa shape index (κ1) is 14.6. The molecule has 0 unspecified atom stereocenters. The Morgan fingerprint density at radius 1 is 1.45 bits per heavy atom. The van der Waals surface area contributed by atoms with Crippen LogP contribution in [0.4, 0.5) is 18.9 Å². The fourth-order valence-corrected chi connectivity index (χ4v) is 2.11. The molecule has 1 aromatic carbocycles. The molecule has 7 heteroatoms. The summed E-state index contributed by atoms with van der Waals surface area (Å²) >= 11 is 0. The Bertz CT molecular complexity index is 491. The highest BCUT2D eigenvalue weighted by molar-refractivity contribution is 5.95. The van der Waals surface area contributed by atoms with Crippen molar-refractivity contribution in [1.29, 1.82) is 0 Å². The Morgan fingerprint density at radius 2 is 2.20 bits per heavy atom. The van der Waals surface area contributed by atoms with Gasteiger partial charge in [-0.15, -0.1) is 13.2 Å². The number of benzene rings is 1. The summed E-state index contributed by atoms with van der Waals surface area (Å²) < 4.78 is 40.1. The molecular weight excluding hydrogens is 273 g/mol. The fraction of sp³-hybridized carbons (Fsp3) is 0.462. The van der Waals surface area contributed by atoms with E-state index < -0.39 is 6.36 Å². The van der Waals surface area contributed by atoms with Crippen molar-refractivity contribution in [2.24, 2.45) is 5.92 Å². The van der Waals surface area contributed by atoms with Crippen LogP contribution in [0.1, 0.15) is 13.3 Å². The number of hydrogen-bond acceptors (Lipinski definition) is 3. The summed E-state index contributed by atoms with van der Waals surface area (Å²) in [6, 6.07) is 4.92. The Hall–Kier alpha value is -1.76. The van der Waals surface area contributed by atoms with Gasteiger partial charge in [-0.3, -0.25) is 4.79 Å². The summed E-state index contributed by atoms with van der Waals surface area (Å²) in [6.07, 6.45) is -4.03. The van der Waals surface area contributed by atoms with Gasteiger partial charge in [0.25, 0.3) is 0 Å². The molecule has 1 aliphatic heterocycles. The van der Waals surface area contributed by atoms with Crippen LogP contribution < -0.4 is 15.4 Å². The lowest BCUT2D eigenvalue weighted by molar-refractivity contribution is -0.274. The molecule has 110 valence electrons. The maximum atomic E-state index is 12.1. The molecule has 1 aromatic rings. The van der Waals surface area contributed by atoms with Gasteiger partial charge in [0.15, 0.2) is 0 Å². The van der Waals surface area contributed by atoms with Crippen LogP contribution in [-0.2, 0) is 4.79 Å². The molecule has 2 rings (SSSR count). The van der Waals surface area contributed by atoms with Gasteiger partial charge in [-0.1, -0.05) is 13.0 Å². The highest BCUT2D eigenvalue weighted by atomic mass is 19.4. The highest BCUT2D eigenvalue weighted by Crippen LogP contribution is 2.25. The molecule has 0 aromatic heterocycles. The van der Waals surface area contributed by atoms with Crippen molar-refractivity contribution >= 4 is 11.6 Å². The number of anilines is 1. The van der Waals surface area contributed by atoms with Crippen LogP contribution in [0.5, 0.6) is 5.75 Å². The van der Waals surface area contributed by atoms with Crippen molar-refractivity contribution in [1.82, 2.24) is 5.32 Å². The normalized spacial score (nSPS) is 22.6. The van der Waals surface area contributed by atoms with Gasteiger partial charge >= 0.3 is 6.36 Å². The average Bonchev–Trinajstić information content (AvgIpc) is 2.74. The zero-order valence-corrected chi connectivity index (χ0v) is 10.8. The smallest absolute Gasteiger partial charge is 0.406 e. The zero-order valence-electron chi connectivity index (χ0n) is 10.8. The molecule has 0 aliphatic carbocycles. The summed E-state index contributed by atoms with van der Waals surface area (Å²) in [5.74, 6) is -0.202. The average molecular weight is 288 g/mol. The predicted molar refractivity (Wildman–Crippen MR) is 67.3 cm³/mol. The molecule has 20 heavy (non-hydrogen) atoms. The first-order chi connectivity index (χ1) is 9.33. The van der Waals surface area contributed by atoms with E-state index in [0.717, 1.165) is 12.6 Å². The van der Waals surface area contributed by atoms with Gasteiger partial charge < -0.3 is 15.4 Å². The number of rotatable bonds is 3. The minimum absolute atomic E-state index is 0.251. The minimum atomic E-state index is -4.74. The SMILES string of the molecule is C[C@H]1CN[C@H](C(=O)Nc2cccc(OC(F)(F)F)c2)C1. The van der Waals surface area contributed by atoms with Crippen LogP contribution in [0.15, 0.2) is 24.3 Å². The third-order valence-corrected chi connectivity index (χ3v) is 3.00. The summed E-state index contributed by atoms with van der Waals surface area (Å²) in [7, 11) is 0. The summed E-state index contributed by atoms with van der Waals surface area (Å²) in [4.78, 5) is 11.9. The number of amides is 1. The summed E-state index contributed by atoms with van der Waals surface area (Å²) in [5.41, 5.74) is 0.276. The van der Waals surface area contributed by atoms with Crippen molar-refractivity contribution in [3.05, 3.63) is 24.3 Å². The van der Waals surface area contributed by atoms with E-state index in [1.807, 2.05) is 6.92 Å². The highest BCUT2D eigenvalue weighted by Gasteiger charge is 2.31. The standard InChI is InChI=1S/C13H15F3N2O2/c1-8-5-11(17-7-8)12(19)18-9-3-2-4-10(6-9)20-13(14,15)16/h2-4,6,8,11,17H,5,7H2,1H3,(H,18,19)/t8-,11+/m1/s1. The van der Waals surface area contributed by atoms with Crippen LogP contribution in [-0.4, -0.2) is 24.9 Å². The van der Waals surface area contributed by atoms with E-state index in [2.05, 4.69) is 15.4 Å². The van der Waals surface area contributed by atoms with Gasteiger partial charge in [0.2, 0.25) is 5.91 Å². The van der Waals surface area contributed by atoms with E-state index in [4.69, 9.17) is 0 Å². The van der Waals surface area contributed by atoms with Crippen molar-refractivity contribution in [3.63, 3.8) is 0 Å². The number of ether oxygens (including phenoxy) is 1. The number of nitrogens with one attached hydrogen (secondary N) is 2. The van der Waals surface area contributed by atoms with E-state index in [-0.39, 0.29) is 23.4 Å². The van der Waals surface area contributed by atoms with E-state index >= 15 is 0 Å². The topological polar surface area (TPSA) is 50.4 Å². The summed E-state index contributed by atoms with van der Waals surface area (Å²) in [6.45, 7) is 2.79. The van der Waals surface area contributed by atoms with E-state index in [0.29, 0.717) is 12.3 Å². The Labute approximate surface area is 114 Å². The Balaban J connectivity index is 1.99. The van der Waals surface area contributed by atoms with E-state index in [1.54, 1.807) is 0 Å². The zero-order chi connectivity index (χ0) is 14.8. The van der Waals surface area contributed by atoms with Gasteiger partial charge in [0, 0.05) is 11.8 Å². The molecule has 0 radical (unpaired) electrons. The number of carbonyl (C=O) groups excluding carboxylic acids is 1. The van der Waals surface area contributed by atoms with Crippen molar-refractivity contribution < 1.29 is 22.7 Å². The van der Waals surface area contributed by atoms with Gasteiger partial charge in [-0.25, -0.2) is 0 Å². The number of carbonyl (C=O) groups is 1. The van der Waals surface area contributed by atoms with Gasteiger partial charge in [-0.2, -0.15) is 0 Å². The third kappa shape index (κ3) is 4.12. The van der Waals surface area contributed by atoms with Crippen LogP contribution in [0.2, 0.25) is 0 Å². The van der Waals surface area contributed by atoms with Gasteiger partial charge in [-0.05, 0) is 31.0 Å². The number of alkyl halides is 3. The second kappa shape index (κ2) is 5.70. The van der Waals surface area contributed by atoms with Crippen LogP contribution in [0.25, 0.3) is 0 Å². The molecule has 1 amide bonds. The van der Waals surface area contributed by atoms with Crippen LogP contribution in [0, 0.1) is 5.92 Å². The molecule has 0 saturated carbocycles. The fourth-order valence-electron chi connectivity index (χ4n) is 2.11. The summed E-state index contributed by atoms with van der Waals surface area (Å²) in [5, 5.41) is 5.64. The lowest BCUT2D eigenvalue weighted by Crippen LogP contribution is -2.35. The molecule has 4 nitrogen and oxygen atoms in total.